The second-order valence-electron chi connectivity index (χ2n) is 4.37. The van der Waals surface area contributed by atoms with E-state index in [0.717, 1.165) is 12.2 Å². The number of fused-ring (bicyclic) bond motifs is 1. The summed E-state index contributed by atoms with van der Waals surface area (Å²) in [7, 11) is 0. The minimum Gasteiger partial charge on any atom is -0.314 e. The van der Waals surface area contributed by atoms with Gasteiger partial charge in [0.05, 0.1) is 5.69 Å². The van der Waals surface area contributed by atoms with Gasteiger partial charge in [-0.25, -0.2) is 4.98 Å². The molecular formula is C12H15N3. The van der Waals surface area contributed by atoms with Crippen molar-refractivity contribution in [2.24, 2.45) is 0 Å². The first-order chi connectivity index (χ1) is 7.33. The van der Waals surface area contributed by atoms with Crippen LogP contribution in [-0.2, 0) is 0 Å². The van der Waals surface area contributed by atoms with E-state index in [1.54, 1.807) is 0 Å². The minimum absolute atomic E-state index is 0.583. The van der Waals surface area contributed by atoms with E-state index >= 15 is 0 Å². The molecule has 0 spiro atoms. The Kier molecular flexibility index (Phi) is 1.99. The van der Waals surface area contributed by atoms with Crippen LogP contribution in [0.3, 0.4) is 0 Å². The zero-order chi connectivity index (χ0) is 10.3. The van der Waals surface area contributed by atoms with E-state index in [4.69, 9.17) is 0 Å². The standard InChI is InChI=1S/C12H15N3/c1-9-6-10(7-13-9)11-8-15-5-3-2-4-12(15)14-11/h2-5,8-10,13H,6-7H2,1H3. The fourth-order valence-corrected chi connectivity index (χ4v) is 2.31. The van der Waals surface area contributed by atoms with Crippen molar-refractivity contribution >= 4 is 5.65 Å². The summed E-state index contributed by atoms with van der Waals surface area (Å²) in [6.07, 6.45) is 5.40. The Labute approximate surface area is 89.1 Å². The molecule has 3 heteroatoms. The highest BCUT2D eigenvalue weighted by atomic mass is 15.0. The normalized spacial score (nSPS) is 26.2. The molecule has 78 valence electrons. The van der Waals surface area contributed by atoms with Gasteiger partial charge in [-0.15, -0.1) is 0 Å². The molecule has 0 bridgehead atoms. The lowest BCUT2D eigenvalue weighted by Crippen LogP contribution is -2.16. The van der Waals surface area contributed by atoms with Crippen LogP contribution in [0.25, 0.3) is 5.65 Å². The molecule has 2 aromatic rings. The molecule has 2 aromatic heterocycles. The van der Waals surface area contributed by atoms with Crippen molar-refractivity contribution < 1.29 is 0 Å². The van der Waals surface area contributed by atoms with Crippen molar-refractivity contribution in [3.63, 3.8) is 0 Å². The number of hydrogen-bond donors (Lipinski definition) is 1. The van der Waals surface area contributed by atoms with Gasteiger partial charge >= 0.3 is 0 Å². The minimum atomic E-state index is 0.583. The first-order valence-corrected chi connectivity index (χ1v) is 5.50. The van der Waals surface area contributed by atoms with Gasteiger partial charge in [0.2, 0.25) is 0 Å². The van der Waals surface area contributed by atoms with Crippen LogP contribution in [0.15, 0.2) is 30.6 Å². The maximum atomic E-state index is 4.65. The third-order valence-electron chi connectivity index (χ3n) is 3.15. The molecule has 0 radical (unpaired) electrons. The van der Waals surface area contributed by atoms with Gasteiger partial charge in [-0.05, 0) is 25.5 Å². The molecule has 2 unspecified atom stereocenters. The number of rotatable bonds is 1. The summed E-state index contributed by atoms with van der Waals surface area (Å²) < 4.78 is 2.10. The zero-order valence-corrected chi connectivity index (χ0v) is 8.85. The molecule has 1 fully saturated rings. The largest absolute Gasteiger partial charge is 0.314 e. The van der Waals surface area contributed by atoms with Gasteiger partial charge < -0.3 is 9.72 Å². The topological polar surface area (TPSA) is 29.3 Å². The lowest BCUT2D eigenvalue weighted by atomic mass is 10.0. The lowest BCUT2D eigenvalue weighted by Gasteiger charge is -2.02. The van der Waals surface area contributed by atoms with Gasteiger partial charge in [0.15, 0.2) is 0 Å². The molecule has 2 atom stereocenters. The molecule has 3 heterocycles. The summed E-state index contributed by atoms with van der Waals surface area (Å²) in [6.45, 7) is 3.29. The van der Waals surface area contributed by atoms with Crippen LogP contribution in [0.4, 0.5) is 0 Å². The number of nitrogens with zero attached hydrogens (tertiary/aromatic N) is 2. The summed E-state index contributed by atoms with van der Waals surface area (Å²) in [5.41, 5.74) is 2.27. The number of imidazole rings is 1. The van der Waals surface area contributed by atoms with Crippen molar-refractivity contribution in [2.75, 3.05) is 6.54 Å². The first kappa shape index (κ1) is 8.92. The predicted molar refractivity (Wildman–Crippen MR) is 60.0 cm³/mol. The SMILES string of the molecule is CC1CC(c2cn3ccccc3n2)CN1. The van der Waals surface area contributed by atoms with Crippen LogP contribution >= 0.6 is 0 Å². The van der Waals surface area contributed by atoms with Gasteiger partial charge in [0.25, 0.3) is 0 Å². The Morgan fingerprint density at radius 1 is 1.47 bits per heavy atom. The van der Waals surface area contributed by atoms with E-state index in [0.29, 0.717) is 12.0 Å². The van der Waals surface area contributed by atoms with Gasteiger partial charge in [-0.2, -0.15) is 0 Å². The van der Waals surface area contributed by atoms with E-state index < -0.39 is 0 Å². The highest BCUT2D eigenvalue weighted by Crippen LogP contribution is 2.24. The van der Waals surface area contributed by atoms with Gasteiger partial charge in [0, 0.05) is 30.9 Å². The molecule has 15 heavy (non-hydrogen) atoms. The van der Waals surface area contributed by atoms with E-state index in [9.17, 15) is 0 Å². The van der Waals surface area contributed by atoms with E-state index in [-0.39, 0.29) is 0 Å². The molecule has 0 saturated carbocycles. The molecule has 3 rings (SSSR count). The van der Waals surface area contributed by atoms with Crippen LogP contribution in [0.2, 0.25) is 0 Å². The van der Waals surface area contributed by atoms with Crippen molar-refractivity contribution in [2.45, 2.75) is 25.3 Å². The summed E-state index contributed by atoms with van der Waals surface area (Å²) in [5.74, 6) is 0.583. The third-order valence-corrected chi connectivity index (χ3v) is 3.15. The number of nitrogens with one attached hydrogen (secondary N) is 1. The van der Waals surface area contributed by atoms with Crippen molar-refractivity contribution in [3.8, 4) is 0 Å². The molecule has 1 aliphatic rings. The lowest BCUT2D eigenvalue weighted by molar-refractivity contribution is 0.656. The number of pyridine rings is 1. The van der Waals surface area contributed by atoms with Gasteiger partial charge in [-0.1, -0.05) is 6.07 Å². The van der Waals surface area contributed by atoms with Crippen LogP contribution in [0.5, 0.6) is 0 Å². The fraction of sp³-hybridized carbons (Fsp3) is 0.417. The van der Waals surface area contributed by atoms with E-state index in [1.165, 1.54) is 12.1 Å². The Bertz CT molecular complexity index is 441. The molecule has 1 aliphatic heterocycles. The molecule has 0 amide bonds. The van der Waals surface area contributed by atoms with Gasteiger partial charge in [-0.3, -0.25) is 0 Å². The Morgan fingerprint density at radius 3 is 3.13 bits per heavy atom. The Morgan fingerprint density at radius 2 is 2.40 bits per heavy atom. The fourth-order valence-electron chi connectivity index (χ4n) is 2.31. The van der Waals surface area contributed by atoms with Crippen molar-refractivity contribution in [1.29, 1.82) is 0 Å². The first-order valence-electron chi connectivity index (χ1n) is 5.50. The number of aromatic nitrogens is 2. The smallest absolute Gasteiger partial charge is 0.136 e. The van der Waals surface area contributed by atoms with E-state index in [2.05, 4.69) is 40.1 Å². The van der Waals surface area contributed by atoms with Crippen LogP contribution in [0, 0.1) is 0 Å². The maximum Gasteiger partial charge on any atom is 0.136 e. The number of hydrogen-bond acceptors (Lipinski definition) is 2. The third kappa shape index (κ3) is 1.53. The summed E-state index contributed by atoms with van der Waals surface area (Å²) in [4.78, 5) is 4.65. The molecular weight excluding hydrogens is 186 g/mol. The molecule has 1 saturated heterocycles. The van der Waals surface area contributed by atoms with Crippen molar-refractivity contribution in [3.05, 3.63) is 36.3 Å². The predicted octanol–water partition coefficient (Wildman–Crippen LogP) is 1.80. The monoisotopic (exact) mass is 201 g/mol. The molecule has 0 aliphatic carbocycles. The van der Waals surface area contributed by atoms with Crippen molar-refractivity contribution in [1.82, 2.24) is 14.7 Å². The van der Waals surface area contributed by atoms with Gasteiger partial charge in [0.1, 0.15) is 5.65 Å². The highest BCUT2D eigenvalue weighted by molar-refractivity contribution is 5.40. The maximum absolute atomic E-state index is 4.65. The summed E-state index contributed by atoms with van der Waals surface area (Å²) in [5, 5.41) is 3.46. The molecule has 0 aromatic carbocycles. The second kappa shape index (κ2) is 3.35. The van der Waals surface area contributed by atoms with Crippen LogP contribution in [-0.4, -0.2) is 22.0 Å². The summed E-state index contributed by atoms with van der Waals surface area (Å²) in [6, 6.07) is 6.74. The molecule has 3 nitrogen and oxygen atoms in total. The summed E-state index contributed by atoms with van der Waals surface area (Å²) >= 11 is 0. The quantitative estimate of drug-likeness (QED) is 0.762. The molecule has 1 N–H and O–H groups in total. The Hall–Kier alpha value is -1.35. The van der Waals surface area contributed by atoms with Crippen LogP contribution < -0.4 is 5.32 Å². The Balaban J connectivity index is 1.98. The van der Waals surface area contributed by atoms with E-state index in [1.807, 2.05) is 12.1 Å². The average Bonchev–Trinajstić information content (AvgIpc) is 2.82. The average molecular weight is 201 g/mol. The second-order valence-corrected chi connectivity index (χ2v) is 4.37. The highest BCUT2D eigenvalue weighted by Gasteiger charge is 2.23. The zero-order valence-electron chi connectivity index (χ0n) is 8.85. The van der Waals surface area contributed by atoms with Crippen LogP contribution in [0.1, 0.15) is 25.0 Å².